The molecule has 8 fully saturated rings. The average Bonchev–Trinajstić information content (AvgIpc) is 2.52. The van der Waals surface area contributed by atoms with Crippen molar-refractivity contribution in [2.75, 3.05) is 0 Å². The molecule has 140 valence electrons. The van der Waals surface area contributed by atoms with E-state index in [-0.39, 0.29) is 22.0 Å². The van der Waals surface area contributed by atoms with Gasteiger partial charge in [0.15, 0.2) is 0 Å². The number of hydrogen-bond donors (Lipinski definition) is 0. The van der Waals surface area contributed by atoms with E-state index in [0.29, 0.717) is 0 Å². The minimum absolute atomic E-state index is 0.156. The number of ether oxygens (including phenoxy) is 1. The van der Waals surface area contributed by atoms with E-state index in [1.165, 1.54) is 77.0 Å². The second kappa shape index (κ2) is 5.54. The maximum absolute atomic E-state index is 7.03. The van der Waals surface area contributed by atoms with E-state index in [1.807, 2.05) is 0 Å². The SMILES string of the molecule is ClC(OC(Cl)C12CC3CC(CC(C3)C1)C2)C12CC3CC(CC(C3)C1)C2. The molecule has 1 nitrogen and oxygen atoms in total. The summed E-state index contributed by atoms with van der Waals surface area (Å²) in [5, 5.41) is 0. The van der Waals surface area contributed by atoms with Crippen LogP contribution in [0.3, 0.4) is 0 Å². The van der Waals surface area contributed by atoms with Crippen LogP contribution in [0.25, 0.3) is 0 Å². The minimum atomic E-state index is -0.156. The van der Waals surface area contributed by atoms with E-state index < -0.39 is 0 Å². The minimum Gasteiger partial charge on any atom is -0.342 e. The predicted octanol–water partition coefficient (Wildman–Crippen LogP) is 6.57. The van der Waals surface area contributed by atoms with E-state index in [0.717, 1.165) is 35.5 Å². The van der Waals surface area contributed by atoms with Gasteiger partial charge in [-0.1, -0.05) is 23.2 Å². The van der Waals surface area contributed by atoms with Crippen molar-refractivity contribution in [3.63, 3.8) is 0 Å². The van der Waals surface area contributed by atoms with E-state index in [4.69, 9.17) is 27.9 Å². The first kappa shape index (κ1) is 16.5. The van der Waals surface area contributed by atoms with Crippen LogP contribution in [0, 0.1) is 46.3 Å². The van der Waals surface area contributed by atoms with Gasteiger partial charge >= 0.3 is 0 Å². The summed E-state index contributed by atoms with van der Waals surface area (Å²) in [5.74, 6) is 5.52. The maximum atomic E-state index is 7.03. The molecule has 0 aromatic rings. The van der Waals surface area contributed by atoms with Gasteiger partial charge in [-0.3, -0.25) is 0 Å². The highest BCUT2D eigenvalue weighted by atomic mass is 35.5. The lowest BCUT2D eigenvalue weighted by Crippen LogP contribution is -2.54. The van der Waals surface area contributed by atoms with Crippen LogP contribution in [-0.4, -0.2) is 11.1 Å². The molecule has 2 atom stereocenters. The Hall–Kier alpha value is 0.540. The summed E-state index contributed by atoms with van der Waals surface area (Å²) in [4.78, 5) is 0. The molecule has 0 spiro atoms. The fourth-order valence-corrected chi connectivity index (χ4v) is 10.1. The van der Waals surface area contributed by atoms with Gasteiger partial charge in [-0.25, -0.2) is 0 Å². The second-order valence-corrected chi connectivity index (χ2v) is 12.1. The van der Waals surface area contributed by atoms with Crippen molar-refractivity contribution in [2.45, 2.75) is 88.2 Å². The molecule has 8 rings (SSSR count). The van der Waals surface area contributed by atoms with Gasteiger partial charge in [0.05, 0.1) is 0 Å². The highest BCUT2D eigenvalue weighted by Gasteiger charge is 2.58. The van der Waals surface area contributed by atoms with Crippen LogP contribution in [0.1, 0.15) is 77.0 Å². The van der Waals surface area contributed by atoms with Gasteiger partial charge in [0.2, 0.25) is 0 Å². The number of alkyl halides is 2. The molecule has 0 heterocycles. The lowest BCUT2D eigenvalue weighted by Gasteiger charge is -2.60. The normalized spacial score (nSPS) is 57.8. The molecule has 8 aliphatic rings. The van der Waals surface area contributed by atoms with Crippen LogP contribution in [0.2, 0.25) is 0 Å². The van der Waals surface area contributed by atoms with Gasteiger partial charge in [-0.2, -0.15) is 0 Å². The van der Waals surface area contributed by atoms with Crippen LogP contribution >= 0.6 is 23.2 Å². The Labute approximate surface area is 162 Å². The average molecular weight is 383 g/mol. The van der Waals surface area contributed by atoms with E-state index >= 15 is 0 Å². The molecule has 8 saturated carbocycles. The second-order valence-electron chi connectivity index (χ2n) is 11.3. The van der Waals surface area contributed by atoms with Crippen LogP contribution in [0.5, 0.6) is 0 Å². The number of halogens is 2. The van der Waals surface area contributed by atoms with Crippen molar-refractivity contribution in [3.8, 4) is 0 Å². The highest BCUT2D eigenvalue weighted by Crippen LogP contribution is 2.65. The molecule has 0 radical (unpaired) electrons. The van der Waals surface area contributed by atoms with Crippen molar-refractivity contribution < 1.29 is 4.74 Å². The third-order valence-electron chi connectivity index (χ3n) is 9.37. The zero-order chi connectivity index (χ0) is 16.8. The number of hydrogen-bond acceptors (Lipinski definition) is 1. The summed E-state index contributed by atoms with van der Waals surface area (Å²) in [5.41, 5.74) is 0.171. The summed E-state index contributed by atoms with van der Waals surface area (Å²) in [6.45, 7) is 0. The first-order valence-electron chi connectivity index (χ1n) is 11.0. The lowest BCUT2D eigenvalue weighted by atomic mass is 9.49. The van der Waals surface area contributed by atoms with Gasteiger partial charge in [0.25, 0.3) is 0 Å². The van der Waals surface area contributed by atoms with E-state index in [2.05, 4.69) is 0 Å². The first-order chi connectivity index (χ1) is 12.0. The summed E-state index contributed by atoms with van der Waals surface area (Å²) < 4.78 is 6.55. The van der Waals surface area contributed by atoms with Crippen molar-refractivity contribution >= 4 is 23.2 Å². The van der Waals surface area contributed by atoms with Gasteiger partial charge in [-0.15, -0.1) is 0 Å². The summed E-state index contributed by atoms with van der Waals surface area (Å²) in [7, 11) is 0. The van der Waals surface area contributed by atoms with Crippen LogP contribution in [0.15, 0.2) is 0 Å². The molecule has 8 aliphatic carbocycles. The van der Waals surface area contributed by atoms with Gasteiger partial charge in [0.1, 0.15) is 11.1 Å². The molecule has 0 N–H and O–H groups in total. The van der Waals surface area contributed by atoms with Crippen molar-refractivity contribution in [1.29, 1.82) is 0 Å². The molecule has 0 saturated heterocycles. The van der Waals surface area contributed by atoms with Crippen molar-refractivity contribution in [3.05, 3.63) is 0 Å². The Kier molecular flexibility index (Phi) is 3.65. The molecule has 0 aromatic carbocycles. The van der Waals surface area contributed by atoms with E-state index in [9.17, 15) is 0 Å². The molecule has 0 amide bonds. The predicted molar refractivity (Wildman–Crippen MR) is 102 cm³/mol. The van der Waals surface area contributed by atoms with Crippen LogP contribution in [0.4, 0.5) is 0 Å². The Morgan fingerprint density at radius 3 is 1.00 bits per heavy atom. The first-order valence-corrected chi connectivity index (χ1v) is 11.8. The fraction of sp³-hybridized carbons (Fsp3) is 1.00. The standard InChI is InChI=1S/C22H32Cl2O/c23-19(21-7-13-1-14(8-21)3-15(2-13)9-21)25-20(24)22-10-16-4-17(11-22)6-18(5-16)12-22/h13-20H,1-12H2. The molecule has 0 aliphatic heterocycles. The van der Waals surface area contributed by atoms with Crippen molar-refractivity contribution in [1.82, 2.24) is 0 Å². The molecule has 0 aromatic heterocycles. The Bertz CT molecular complexity index is 440. The maximum Gasteiger partial charge on any atom is 0.138 e. The monoisotopic (exact) mass is 382 g/mol. The smallest absolute Gasteiger partial charge is 0.138 e. The van der Waals surface area contributed by atoms with Gasteiger partial charge < -0.3 is 4.74 Å². The summed E-state index contributed by atoms with van der Waals surface area (Å²) in [6, 6.07) is 0. The Morgan fingerprint density at radius 2 is 0.760 bits per heavy atom. The van der Waals surface area contributed by atoms with Crippen LogP contribution < -0.4 is 0 Å². The molecule has 25 heavy (non-hydrogen) atoms. The molecule has 2 unspecified atom stereocenters. The third-order valence-corrected chi connectivity index (χ3v) is 10.5. The highest BCUT2D eigenvalue weighted by molar-refractivity contribution is 6.22. The Morgan fingerprint density at radius 1 is 0.520 bits per heavy atom. The van der Waals surface area contributed by atoms with Gasteiger partial charge in [-0.05, 0) is 113 Å². The quantitative estimate of drug-likeness (QED) is 0.499. The molecule has 8 bridgehead atoms. The lowest BCUT2D eigenvalue weighted by molar-refractivity contribution is -0.162. The Balaban J connectivity index is 1.20. The third kappa shape index (κ3) is 2.51. The molecular formula is C22H32Cl2O. The summed E-state index contributed by atoms with van der Waals surface area (Å²) >= 11 is 14.1. The van der Waals surface area contributed by atoms with E-state index in [1.54, 1.807) is 0 Å². The summed E-state index contributed by atoms with van der Waals surface area (Å²) in [6.07, 6.45) is 16.6. The fourth-order valence-electron chi connectivity index (χ4n) is 9.30. The number of rotatable bonds is 4. The topological polar surface area (TPSA) is 9.23 Å². The zero-order valence-electron chi connectivity index (χ0n) is 15.3. The molecule has 3 heteroatoms. The van der Waals surface area contributed by atoms with Crippen molar-refractivity contribution in [2.24, 2.45) is 46.3 Å². The zero-order valence-corrected chi connectivity index (χ0v) is 16.8. The molecular weight excluding hydrogens is 351 g/mol. The largest absolute Gasteiger partial charge is 0.342 e. The van der Waals surface area contributed by atoms with Gasteiger partial charge in [0, 0.05) is 10.8 Å². The van der Waals surface area contributed by atoms with Crippen LogP contribution in [-0.2, 0) is 4.74 Å².